The zero-order valence-electron chi connectivity index (χ0n) is 12.1. The van der Waals surface area contributed by atoms with E-state index < -0.39 is 0 Å². The molecule has 3 heterocycles. The summed E-state index contributed by atoms with van der Waals surface area (Å²) in [7, 11) is 0. The van der Waals surface area contributed by atoms with Crippen LogP contribution in [-0.2, 0) is 6.54 Å². The Morgan fingerprint density at radius 1 is 1.26 bits per heavy atom. The van der Waals surface area contributed by atoms with Crippen LogP contribution in [0.1, 0.15) is 5.56 Å². The average molecular weight is 344 g/mol. The summed E-state index contributed by atoms with van der Waals surface area (Å²) in [5.74, 6) is 0.774. The Balaban J connectivity index is 1.62. The quantitative estimate of drug-likeness (QED) is 0.492. The highest BCUT2D eigenvalue weighted by Crippen LogP contribution is 2.31. The molecular weight excluding hydrogens is 332 g/mol. The maximum atomic E-state index is 11.3. The van der Waals surface area contributed by atoms with E-state index in [0.717, 1.165) is 31.5 Å². The van der Waals surface area contributed by atoms with Crippen LogP contribution in [0.4, 0.5) is 5.82 Å². The van der Waals surface area contributed by atoms with Gasteiger partial charge in [-0.3, -0.25) is 0 Å². The number of thioether (sulfide) groups is 1. The second-order valence-electron chi connectivity index (χ2n) is 4.87. The number of anilines is 1. The number of H-pyrrole nitrogens is 2. The van der Waals surface area contributed by atoms with E-state index in [2.05, 4.69) is 30.2 Å². The molecule has 7 nitrogen and oxygen atoms in total. The number of imidazole rings is 1. The summed E-state index contributed by atoms with van der Waals surface area (Å²) in [6.07, 6.45) is 3.51. The van der Waals surface area contributed by atoms with Crippen LogP contribution in [0.25, 0.3) is 21.4 Å². The van der Waals surface area contributed by atoms with Crippen LogP contribution in [0.3, 0.4) is 0 Å². The number of aromatic amines is 2. The van der Waals surface area contributed by atoms with Crippen LogP contribution in [0, 0.1) is 0 Å². The minimum absolute atomic E-state index is 0.197. The number of nitrogens with one attached hydrogen (secondary N) is 3. The van der Waals surface area contributed by atoms with E-state index in [0.29, 0.717) is 12.2 Å². The van der Waals surface area contributed by atoms with Crippen LogP contribution in [0.2, 0.25) is 0 Å². The summed E-state index contributed by atoms with van der Waals surface area (Å²) in [5.41, 5.74) is 3.16. The fraction of sp³-hybridized carbons (Fsp3) is 0.143. The van der Waals surface area contributed by atoms with Gasteiger partial charge in [-0.15, -0.1) is 11.3 Å². The molecule has 23 heavy (non-hydrogen) atoms. The topological polar surface area (TPSA) is 99.3 Å². The van der Waals surface area contributed by atoms with Gasteiger partial charge in [0.15, 0.2) is 9.99 Å². The van der Waals surface area contributed by atoms with Gasteiger partial charge in [0.2, 0.25) is 0 Å². The Labute approximate surface area is 138 Å². The predicted molar refractivity (Wildman–Crippen MR) is 93.2 cm³/mol. The lowest BCUT2D eigenvalue weighted by molar-refractivity contribution is 1.10. The molecule has 0 spiro atoms. The fourth-order valence-corrected chi connectivity index (χ4v) is 3.80. The van der Waals surface area contributed by atoms with E-state index in [1.165, 1.54) is 6.33 Å². The maximum absolute atomic E-state index is 11.3. The van der Waals surface area contributed by atoms with Crippen molar-refractivity contribution in [2.75, 3.05) is 11.6 Å². The van der Waals surface area contributed by atoms with Crippen molar-refractivity contribution in [1.82, 2.24) is 24.9 Å². The Morgan fingerprint density at radius 3 is 3.00 bits per heavy atom. The number of hydrogen-bond acceptors (Lipinski definition) is 7. The van der Waals surface area contributed by atoms with Gasteiger partial charge in [-0.2, -0.15) is 0 Å². The van der Waals surface area contributed by atoms with Crippen molar-refractivity contribution >= 4 is 50.3 Å². The number of aromatic nitrogens is 5. The van der Waals surface area contributed by atoms with Crippen molar-refractivity contribution < 1.29 is 0 Å². The monoisotopic (exact) mass is 344 g/mol. The standard InChI is InChI=1S/C14H12N6OS2/c1-22-14-20-12-10(23-14)11(16-6-17-12)15-5-7-2-3-8-9(4-7)19-13(21)18-8/h2-4,6H,5H2,1H3,(H,15,16,17)(H2,18,19,21). The number of rotatable bonds is 4. The minimum Gasteiger partial charge on any atom is -0.365 e. The molecule has 0 aliphatic rings. The first kappa shape index (κ1) is 14.2. The summed E-state index contributed by atoms with van der Waals surface area (Å²) >= 11 is 3.17. The third-order valence-corrected chi connectivity index (χ3v) is 5.42. The highest BCUT2D eigenvalue weighted by Gasteiger charge is 2.10. The minimum atomic E-state index is -0.197. The number of nitrogens with zero attached hydrogens (tertiary/aromatic N) is 3. The molecule has 0 fully saturated rings. The second-order valence-corrected chi connectivity index (χ2v) is 6.92. The van der Waals surface area contributed by atoms with Gasteiger partial charge >= 0.3 is 5.69 Å². The number of hydrogen-bond donors (Lipinski definition) is 3. The fourth-order valence-electron chi connectivity index (χ4n) is 2.32. The summed E-state index contributed by atoms with van der Waals surface area (Å²) in [4.78, 5) is 29.7. The molecule has 0 atom stereocenters. The van der Waals surface area contributed by atoms with Crippen LogP contribution < -0.4 is 11.0 Å². The van der Waals surface area contributed by atoms with Crippen molar-refractivity contribution in [1.29, 1.82) is 0 Å². The van der Waals surface area contributed by atoms with Crippen LogP contribution in [-0.4, -0.2) is 31.2 Å². The second kappa shape index (κ2) is 5.67. The van der Waals surface area contributed by atoms with E-state index >= 15 is 0 Å². The molecule has 0 saturated carbocycles. The summed E-state index contributed by atoms with van der Waals surface area (Å²) in [5, 5.41) is 3.32. The summed E-state index contributed by atoms with van der Waals surface area (Å²) in [6, 6.07) is 5.80. The van der Waals surface area contributed by atoms with Crippen molar-refractivity contribution in [3.63, 3.8) is 0 Å². The lowest BCUT2D eigenvalue weighted by atomic mass is 10.2. The molecular formula is C14H12N6OS2. The molecule has 3 N–H and O–H groups in total. The smallest absolute Gasteiger partial charge is 0.323 e. The molecule has 3 aromatic heterocycles. The predicted octanol–water partition coefficient (Wildman–Crippen LogP) is 2.59. The van der Waals surface area contributed by atoms with Gasteiger partial charge in [0, 0.05) is 6.54 Å². The van der Waals surface area contributed by atoms with Gasteiger partial charge in [0.05, 0.1) is 11.0 Å². The summed E-state index contributed by atoms with van der Waals surface area (Å²) in [6.45, 7) is 0.599. The highest BCUT2D eigenvalue weighted by atomic mass is 32.2. The van der Waals surface area contributed by atoms with E-state index in [9.17, 15) is 4.79 Å². The Morgan fingerprint density at radius 2 is 2.13 bits per heavy atom. The van der Waals surface area contributed by atoms with E-state index in [4.69, 9.17) is 0 Å². The van der Waals surface area contributed by atoms with Gasteiger partial charge in [0.1, 0.15) is 16.8 Å². The van der Waals surface area contributed by atoms with Gasteiger partial charge < -0.3 is 15.3 Å². The van der Waals surface area contributed by atoms with Crippen LogP contribution >= 0.6 is 23.1 Å². The number of thiazole rings is 1. The van der Waals surface area contributed by atoms with Crippen molar-refractivity contribution in [3.05, 3.63) is 40.6 Å². The molecule has 0 amide bonds. The molecule has 0 radical (unpaired) electrons. The molecule has 1 aromatic carbocycles. The first-order chi connectivity index (χ1) is 11.2. The van der Waals surface area contributed by atoms with Gasteiger partial charge in [-0.1, -0.05) is 17.8 Å². The lowest BCUT2D eigenvalue weighted by Gasteiger charge is -2.06. The third-order valence-electron chi connectivity index (χ3n) is 3.39. The molecule has 0 saturated heterocycles. The van der Waals surface area contributed by atoms with Crippen LogP contribution in [0.5, 0.6) is 0 Å². The number of fused-ring (bicyclic) bond motifs is 2. The molecule has 4 rings (SSSR count). The zero-order valence-corrected chi connectivity index (χ0v) is 13.7. The molecule has 0 bridgehead atoms. The first-order valence-corrected chi connectivity index (χ1v) is 8.87. The molecule has 0 aliphatic carbocycles. The van der Waals surface area contributed by atoms with Crippen molar-refractivity contribution in [3.8, 4) is 0 Å². The van der Waals surface area contributed by atoms with Crippen molar-refractivity contribution in [2.45, 2.75) is 10.9 Å². The Kier molecular flexibility index (Phi) is 3.50. The zero-order chi connectivity index (χ0) is 15.8. The third kappa shape index (κ3) is 2.68. The molecule has 9 heteroatoms. The molecule has 116 valence electrons. The van der Waals surface area contributed by atoms with Crippen molar-refractivity contribution in [2.24, 2.45) is 0 Å². The van der Waals surface area contributed by atoms with Crippen LogP contribution in [0.15, 0.2) is 33.7 Å². The summed E-state index contributed by atoms with van der Waals surface area (Å²) < 4.78 is 1.92. The van der Waals surface area contributed by atoms with Gasteiger partial charge in [-0.25, -0.2) is 19.7 Å². The van der Waals surface area contributed by atoms with E-state index in [1.807, 2.05) is 24.5 Å². The largest absolute Gasteiger partial charge is 0.365 e. The molecule has 4 aromatic rings. The molecule has 0 aliphatic heterocycles. The Hall–Kier alpha value is -2.39. The van der Waals surface area contributed by atoms with E-state index in [-0.39, 0.29) is 5.69 Å². The Bertz CT molecular complexity index is 1050. The number of benzene rings is 1. The van der Waals surface area contributed by atoms with Gasteiger partial charge in [0.25, 0.3) is 0 Å². The first-order valence-electron chi connectivity index (χ1n) is 6.83. The van der Waals surface area contributed by atoms with E-state index in [1.54, 1.807) is 23.1 Å². The lowest BCUT2D eigenvalue weighted by Crippen LogP contribution is -2.02. The normalized spacial score (nSPS) is 11.3. The maximum Gasteiger partial charge on any atom is 0.323 e. The molecule has 0 unspecified atom stereocenters. The highest BCUT2D eigenvalue weighted by molar-refractivity contribution is 8.00. The van der Waals surface area contributed by atoms with Gasteiger partial charge in [-0.05, 0) is 24.0 Å². The SMILES string of the molecule is CSc1nc2ncnc(NCc3ccc4[nH]c(=O)[nH]c4c3)c2s1. The average Bonchev–Trinajstić information content (AvgIpc) is 3.14.